The normalized spacial score (nSPS) is 12.1. The van der Waals surface area contributed by atoms with Gasteiger partial charge in [-0.15, -0.1) is 0 Å². The van der Waals surface area contributed by atoms with Gasteiger partial charge in [0.15, 0.2) is 0 Å². The van der Waals surface area contributed by atoms with Gasteiger partial charge in [0, 0.05) is 24.2 Å². The zero-order valence-corrected chi connectivity index (χ0v) is 13.3. The summed E-state index contributed by atoms with van der Waals surface area (Å²) in [6, 6.07) is 6.39. The summed E-state index contributed by atoms with van der Waals surface area (Å²) < 4.78 is 26.0. The van der Waals surface area contributed by atoms with E-state index in [2.05, 4.69) is 10.0 Å². The van der Waals surface area contributed by atoms with Gasteiger partial charge >= 0.3 is 5.97 Å². The fourth-order valence-corrected chi connectivity index (χ4v) is 2.90. The molecule has 0 aliphatic rings. The molecule has 0 saturated carbocycles. The smallest absolute Gasteiger partial charge is 0.303 e. The Bertz CT molecular complexity index is 579. The van der Waals surface area contributed by atoms with E-state index in [9.17, 15) is 13.2 Å². The predicted octanol–water partition coefficient (Wildman–Crippen LogP) is 2.04. The number of aliphatic carboxylic acids is 1. The molecule has 0 heterocycles. The predicted molar refractivity (Wildman–Crippen MR) is 81.9 cm³/mol. The van der Waals surface area contributed by atoms with Crippen LogP contribution in [-0.2, 0) is 14.8 Å². The molecular weight excluding hydrogens is 292 g/mol. The van der Waals surface area contributed by atoms with Gasteiger partial charge in [0.1, 0.15) is 0 Å². The minimum Gasteiger partial charge on any atom is -0.481 e. The van der Waals surface area contributed by atoms with Crippen LogP contribution in [0.3, 0.4) is 0 Å². The minimum absolute atomic E-state index is 0.0763. The van der Waals surface area contributed by atoms with Crippen LogP contribution in [0.4, 0.5) is 5.69 Å². The Morgan fingerprint density at radius 1 is 1.24 bits per heavy atom. The number of anilines is 1. The van der Waals surface area contributed by atoms with Crippen molar-refractivity contribution >= 4 is 21.7 Å². The van der Waals surface area contributed by atoms with Gasteiger partial charge in [0.2, 0.25) is 10.0 Å². The second-order valence-corrected chi connectivity index (χ2v) is 7.20. The number of hydrogen-bond acceptors (Lipinski definition) is 4. The zero-order valence-electron chi connectivity index (χ0n) is 12.5. The number of carboxylic acids is 1. The third kappa shape index (κ3) is 5.73. The van der Waals surface area contributed by atoms with E-state index < -0.39 is 16.0 Å². The van der Waals surface area contributed by atoms with Crippen LogP contribution in [-0.4, -0.2) is 31.6 Å². The van der Waals surface area contributed by atoms with E-state index in [1.165, 1.54) is 12.1 Å². The molecule has 0 saturated heterocycles. The first-order valence-corrected chi connectivity index (χ1v) is 8.24. The quantitative estimate of drug-likeness (QED) is 0.682. The van der Waals surface area contributed by atoms with Gasteiger partial charge in [-0.25, -0.2) is 13.1 Å². The molecule has 21 heavy (non-hydrogen) atoms. The monoisotopic (exact) mass is 314 g/mol. The minimum atomic E-state index is -3.45. The number of sulfonamides is 1. The molecule has 118 valence electrons. The first-order valence-electron chi connectivity index (χ1n) is 6.76. The summed E-state index contributed by atoms with van der Waals surface area (Å²) in [5.74, 6) is -0.836. The lowest BCUT2D eigenvalue weighted by Gasteiger charge is -2.27. The van der Waals surface area contributed by atoms with Crippen LogP contribution < -0.4 is 10.0 Å². The van der Waals surface area contributed by atoms with Gasteiger partial charge < -0.3 is 10.4 Å². The Balaban J connectivity index is 2.77. The molecule has 1 rings (SSSR count). The van der Waals surface area contributed by atoms with Crippen molar-refractivity contribution in [2.45, 2.75) is 44.0 Å². The number of rotatable bonds is 8. The maximum Gasteiger partial charge on any atom is 0.303 e. The van der Waals surface area contributed by atoms with Gasteiger partial charge in [0.25, 0.3) is 0 Å². The molecule has 0 atom stereocenters. The molecule has 1 aromatic carbocycles. The van der Waals surface area contributed by atoms with Crippen molar-refractivity contribution in [1.29, 1.82) is 0 Å². The molecule has 0 radical (unpaired) electrons. The maximum absolute atomic E-state index is 11.8. The number of benzene rings is 1. The van der Waals surface area contributed by atoms with E-state index >= 15 is 0 Å². The molecule has 0 spiro atoms. The molecule has 0 bridgehead atoms. The highest BCUT2D eigenvalue weighted by Crippen LogP contribution is 2.21. The van der Waals surface area contributed by atoms with Crippen molar-refractivity contribution in [1.82, 2.24) is 4.72 Å². The second kappa shape index (κ2) is 6.91. The standard InChI is InChI=1S/C14H22N2O4S/c1-4-15-21(19,20)12-7-5-11(6-8-12)16-14(2,3)10-9-13(17)18/h5-8,15-16H,4,9-10H2,1-3H3,(H,17,18). The first-order chi connectivity index (χ1) is 9.66. The third-order valence-corrected chi connectivity index (χ3v) is 4.51. The molecule has 0 fully saturated rings. The van der Waals surface area contributed by atoms with E-state index in [0.29, 0.717) is 13.0 Å². The lowest BCUT2D eigenvalue weighted by molar-refractivity contribution is -0.137. The van der Waals surface area contributed by atoms with E-state index in [0.717, 1.165) is 5.69 Å². The summed E-state index contributed by atoms with van der Waals surface area (Å²) in [4.78, 5) is 10.8. The lowest BCUT2D eigenvalue weighted by Crippen LogP contribution is -2.31. The van der Waals surface area contributed by atoms with Gasteiger partial charge in [-0.2, -0.15) is 0 Å². The van der Waals surface area contributed by atoms with Crippen LogP contribution in [0.25, 0.3) is 0 Å². The second-order valence-electron chi connectivity index (χ2n) is 5.43. The Morgan fingerprint density at radius 3 is 2.29 bits per heavy atom. The van der Waals surface area contributed by atoms with Crippen molar-refractivity contribution in [2.24, 2.45) is 0 Å². The number of carbonyl (C=O) groups is 1. The molecule has 1 aromatic rings. The van der Waals surface area contributed by atoms with Crippen molar-refractivity contribution in [3.63, 3.8) is 0 Å². The van der Waals surface area contributed by atoms with Crippen molar-refractivity contribution in [3.8, 4) is 0 Å². The highest BCUT2D eigenvalue weighted by molar-refractivity contribution is 7.89. The van der Waals surface area contributed by atoms with E-state index in [1.807, 2.05) is 13.8 Å². The fraction of sp³-hybridized carbons (Fsp3) is 0.500. The number of nitrogens with one attached hydrogen (secondary N) is 2. The molecule has 0 aliphatic carbocycles. The largest absolute Gasteiger partial charge is 0.481 e. The van der Waals surface area contributed by atoms with Gasteiger partial charge in [-0.1, -0.05) is 6.92 Å². The SMILES string of the molecule is CCNS(=O)(=O)c1ccc(NC(C)(C)CCC(=O)O)cc1. The average molecular weight is 314 g/mol. The molecule has 7 heteroatoms. The summed E-state index contributed by atoms with van der Waals surface area (Å²) in [7, 11) is -3.45. The van der Waals surface area contributed by atoms with Crippen LogP contribution in [0, 0.1) is 0 Å². The Labute approximate surface area is 125 Å². The Hall–Kier alpha value is -1.60. The number of hydrogen-bond donors (Lipinski definition) is 3. The molecule has 0 amide bonds. The summed E-state index contributed by atoms with van der Waals surface area (Å²) in [5, 5.41) is 11.9. The van der Waals surface area contributed by atoms with Crippen molar-refractivity contribution < 1.29 is 18.3 Å². The lowest BCUT2D eigenvalue weighted by atomic mass is 9.98. The van der Waals surface area contributed by atoms with Crippen LogP contribution in [0.1, 0.15) is 33.6 Å². The van der Waals surface area contributed by atoms with Gasteiger partial charge in [-0.05, 0) is 44.5 Å². The van der Waals surface area contributed by atoms with Crippen molar-refractivity contribution in [2.75, 3.05) is 11.9 Å². The summed E-state index contributed by atoms with van der Waals surface area (Å²) in [6.07, 6.45) is 0.548. The summed E-state index contributed by atoms with van der Waals surface area (Å²) in [6.45, 7) is 5.86. The van der Waals surface area contributed by atoms with Gasteiger partial charge in [0.05, 0.1) is 4.90 Å². The highest BCUT2D eigenvalue weighted by Gasteiger charge is 2.19. The topological polar surface area (TPSA) is 95.5 Å². The summed E-state index contributed by atoms with van der Waals surface area (Å²) in [5.41, 5.74) is 0.362. The third-order valence-electron chi connectivity index (χ3n) is 2.95. The van der Waals surface area contributed by atoms with E-state index in [-0.39, 0.29) is 16.9 Å². The van der Waals surface area contributed by atoms with Gasteiger partial charge in [-0.3, -0.25) is 4.79 Å². The number of carboxylic acid groups (broad SMARTS) is 1. The Morgan fingerprint density at radius 2 is 1.81 bits per heavy atom. The molecule has 0 unspecified atom stereocenters. The molecule has 6 nitrogen and oxygen atoms in total. The summed E-state index contributed by atoms with van der Waals surface area (Å²) >= 11 is 0. The molecule has 0 aliphatic heterocycles. The van der Waals surface area contributed by atoms with Crippen molar-refractivity contribution in [3.05, 3.63) is 24.3 Å². The van der Waals surface area contributed by atoms with Crippen LogP contribution in [0.2, 0.25) is 0 Å². The van der Waals surface area contributed by atoms with E-state index in [1.54, 1.807) is 19.1 Å². The van der Waals surface area contributed by atoms with Crippen LogP contribution in [0.15, 0.2) is 29.2 Å². The molecule has 3 N–H and O–H groups in total. The Kier molecular flexibility index (Phi) is 5.74. The average Bonchev–Trinajstić information content (AvgIpc) is 2.37. The van der Waals surface area contributed by atoms with Crippen LogP contribution >= 0.6 is 0 Å². The zero-order chi connectivity index (χ0) is 16.1. The maximum atomic E-state index is 11.8. The first kappa shape index (κ1) is 17.5. The fourth-order valence-electron chi connectivity index (χ4n) is 1.86. The molecule has 0 aromatic heterocycles. The highest BCUT2D eigenvalue weighted by atomic mass is 32.2. The van der Waals surface area contributed by atoms with E-state index in [4.69, 9.17) is 5.11 Å². The van der Waals surface area contributed by atoms with Crippen LogP contribution in [0.5, 0.6) is 0 Å². The molecular formula is C14H22N2O4S.